The summed E-state index contributed by atoms with van der Waals surface area (Å²) in [6.45, 7) is 2.07. The van der Waals surface area contributed by atoms with E-state index in [0.717, 1.165) is 24.0 Å². The number of nitrogens with zero attached hydrogens (tertiary/aromatic N) is 2. The van der Waals surface area contributed by atoms with Gasteiger partial charge in [-0.05, 0) is 48.7 Å². The van der Waals surface area contributed by atoms with Crippen molar-refractivity contribution in [3.63, 3.8) is 0 Å². The van der Waals surface area contributed by atoms with E-state index in [1.807, 2.05) is 0 Å². The number of unbranched alkanes of at least 4 members (excludes halogenated alkanes) is 1. The zero-order chi connectivity index (χ0) is 20.3. The number of hydrogen-bond donors (Lipinski definition) is 0. The lowest BCUT2D eigenvalue weighted by atomic mass is 9.99. The summed E-state index contributed by atoms with van der Waals surface area (Å²) < 4.78 is 24.7. The Bertz CT molecular complexity index is 1150. The summed E-state index contributed by atoms with van der Waals surface area (Å²) in [5.41, 5.74) is 2.55. The monoisotopic (exact) mass is 416 g/mol. The molecule has 0 N–H and O–H groups in total. The Kier molecular flexibility index (Phi) is 6.01. The van der Waals surface area contributed by atoms with Gasteiger partial charge < -0.3 is 0 Å². The SMILES string of the molecule is CCCCc1c(-c2ccc(S(C)(=O)=O)cc2)cnn(-c2cccc(Cl)c2)c1=O. The molecule has 0 bridgehead atoms. The maximum Gasteiger partial charge on any atom is 0.275 e. The van der Waals surface area contributed by atoms with Crippen LogP contribution in [0.3, 0.4) is 0 Å². The van der Waals surface area contributed by atoms with Gasteiger partial charge in [0.25, 0.3) is 5.56 Å². The van der Waals surface area contributed by atoms with Crippen LogP contribution in [0.2, 0.25) is 5.02 Å². The fraction of sp³-hybridized carbons (Fsp3) is 0.238. The fourth-order valence-electron chi connectivity index (χ4n) is 3.01. The number of hydrogen-bond acceptors (Lipinski definition) is 4. The van der Waals surface area contributed by atoms with Crippen molar-refractivity contribution in [1.29, 1.82) is 0 Å². The molecule has 0 radical (unpaired) electrons. The second kappa shape index (κ2) is 8.29. The first-order valence-electron chi connectivity index (χ1n) is 8.99. The fourth-order valence-corrected chi connectivity index (χ4v) is 3.82. The van der Waals surface area contributed by atoms with Crippen LogP contribution in [-0.4, -0.2) is 24.5 Å². The minimum absolute atomic E-state index is 0.194. The van der Waals surface area contributed by atoms with Crippen LogP contribution in [0.4, 0.5) is 0 Å². The Balaban J connectivity index is 2.13. The smallest absolute Gasteiger partial charge is 0.267 e. The van der Waals surface area contributed by atoms with Crippen LogP contribution >= 0.6 is 11.6 Å². The Hall–Kier alpha value is -2.44. The van der Waals surface area contributed by atoms with Crippen molar-refractivity contribution < 1.29 is 8.42 Å². The van der Waals surface area contributed by atoms with E-state index >= 15 is 0 Å². The summed E-state index contributed by atoms with van der Waals surface area (Å²) in [6.07, 6.45) is 5.25. The van der Waals surface area contributed by atoms with Gasteiger partial charge >= 0.3 is 0 Å². The van der Waals surface area contributed by atoms with Crippen LogP contribution in [0.5, 0.6) is 0 Å². The molecule has 7 heteroatoms. The average molecular weight is 417 g/mol. The van der Waals surface area contributed by atoms with Crippen molar-refractivity contribution in [1.82, 2.24) is 9.78 Å². The molecule has 0 amide bonds. The molecule has 3 rings (SSSR count). The van der Waals surface area contributed by atoms with Crippen LogP contribution in [-0.2, 0) is 16.3 Å². The molecule has 146 valence electrons. The van der Waals surface area contributed by atoms with Gasteiger partial charge in [-0.15, -0.1) is 0 Å². The van der Waals surface area contributed by atoms with Gasteiger partial charge in [-0.1, -0.05) is 43.1 Å². The van der Waals surface area contributed by atoms with Crippen molar-refractivity contribution in [2.75, 3.05) is 6.26 Å². The number of sulfone groups is 1. The predicted molar refractivity (Wildman–Crippen MR) is 112 cm³/mol. The quantitative estimate of drug-likeness (QED) is 0.600. The molecule has 0 fully saturated rings. The van der Waals surface area contributed by atoms with Gasteiger partial charge in [0.05, 0.1) is 16.8 Å². The largest absolute Gasteiger partial charge is 0.275 e. The highest BCUT2D eigenvalue weighted by Crippen LogP contribution is 2.24. The molecular formula is C21H21ClN2O3S. The number of aromatic nitrogens is 2. The van der Waals surface area contributed by atoms with Gasteiger partial charge in [0.1, 0.15) is 0 Å². The lowest BCUT2D eigenvalue weighted by Crippen LogP contribution is -2.25. The highest BCUT2D eigenvalue weighted by molar-refractivity contribution is 7.90. The second-order valence-corrected chi connectivity index (χ2v) is 9.09. The highest BCUT2D eigenvalue weighted by Gasteiger charge is 2.15. The van der Waals surface area contributed by atoms with E-state index in [-0.39, 0.29) is 10.5 Å². The van der Waals surface area contributed by atoms with E-state index < -0.39 is 9.84 Å². The molecule has 1 aromatic heterocycles. The Morgan fingerprint density at radius 2 is 1.82 bits per heavy atom. The molecular weight excluding hydrogens is 396 g/mol. The van der Waals surface area contributed by atoms with Gasteiger partial charge in [-0.2, -0.15) is 9.78 Å². The second-order valence-electron chi connectivity index (χ2n) is 6.63. The molecule has 0 aliphatic heterocycles. The minimum atomic E-state index is -3.28. The van der Waals surface area contributed by atoms with E-state index in [1.54, 1.807) is 54.7 Å². The first-order valence-corrected chi connectivity index (χ1v) is 11.3. The molecule has 3 aromatic rings. The van der Waals surface area contributed by atoms with Gasteiger partial charge in [0.2, 0.25) is 0 Å². The van der Waals surface area contributed by atoms with Gasteiger partial charge in [-0.3, -0.25) is 4.79 Å². The third-order valence-electron chi connectivity index (χ3n) is 4.50. The van der Waals surface area contributed by atoms with E-state index in [1.165, 1.54) is 10.9 Å². The van der Waals surface area contributed by atoms with E-state index in [4.69, 9.17) is 11.6 Å². The van der Waals surface area contributed by atoms with Crippen LogP contribution in [0.25, 0.3) is 16.8 Å². The summed E-state index contributed by atoms with van der Waals surface area (Å²) in [6, 6.07) is 13.5. The molecule has 0 spiro atoms. The standard InChI is InChI=1S/C21H21ClN2O3S/c1-3-4-8-19-20(15-9-11-18(12-10-15)28(2,26)27)14-23-24(21(19)25)17-7-5-6-16(22)13-17/h5-7,9-14H,3-4,8H2,1-2H3. The summed E-state index contributed by atoms with van der Waals surface area (Å²) in [4.78, 5) is 13.4. The van der Waals surface area contributed by atoms with Crippen LogP contribution in [0.15, 0.2) is 64.4 Å². The minimum Gasteiger partial charge on any atom is -0.267 e. The molecule has 28 heavy (non-hydrogen) atoms. The molecule has 0 saturated heterocycles. The van der Waals surface area contributed by atoms with Crippen molar-refractivity contribution in [2.24, 2.45) is 0 Å². The van der Waals surface area contributed by atoms with Crippen LogP contribution in [0, 0.1) is 0 Å². The topological polar surface area (TPSA) is 69.0 Å². The van der Waals surface area contributed by atoms with E-state index in [0.29, 0.717) is 22.7 Å². The zero-order valence-electron chi connectivity index (χ0n) is 15.7. The number of benzene rings is 2. The molecule has 0 unspecified atom stereocenters. The van der Waals surface area contributed by atoms with Gasteiger partial charge in [0, 0.05) is 22.4 Å². The summed E-state index contributed by atoms with van der Waals surface area (Å²) in [5, 5.41) is 4.86. The van der Waals surface area contributed by atoms with E-state index in [2.05, 4.69) is 12.0 Å². The molecule has 0 aliphatic carbocycles. The Morgan fingerprint density at radius 3 is 2.43 bits per heavy atom. The van der Waals surface area contributed by atoms with Crippen molar-refractivity contribution in [3.05, 3.63) is 75.7 Å². The number of halogens is 1. The lowest BCUT2D eigenvalue weighted by Gasteiger charge is -2.13. The summed E-state index contributed by atoms with van der Waals surface area (Å²) in [7, 11) is -3.28. The van der Waals surface area contributed by atoms with Crippen LogP contribution < -0.4 is 5.56 Å². The Morgan fingerprint density at radius 1 is 1.11 bits per heavy atom. The maximum absolute atomic E-state index is 13.2. The Labute approximate surface area is 169 Å². The molecule has 1 heterocycles. The third kappa shape index (κ3) is 4.34. The zero-order valence-corrected chi connectivity index (χ0v) is 17.3. The molecule has 2 aromatic carbocycles. The van der Waals surface area contributed by atoms with E-state index in [9.17, 15) is 13.2 Å². The molecule has 0 saturated carbocycles. The van der Waals surface area contributed by atoms with Crippen molar-refractivity contribution >= 4 is 21.4 Å². The number of rotatable bonds is 6. The molecule has 0 atom stereocenters. The van der Waals surface area contributed by atoms with Crippen LogP contribution in [0.1, 0.15) is 25.3 Å². The first-order chi connectivity index (χ1) is 13.3. The summed E-state index contributed by atoms with van der Waals surface area (Å²) >= 11 is 6.06. The maximum atomic E-state index is 13.2. The predicted octanol–water partition coefficient (Wildman–Crippen LogP) is 4.30. The first kappa shape index (κ1) is 20.3. The molecule has 5 nitrogen and oxygen atoms in total. The average Bonchev–Trinajstić information content (AvgIpc) is 2.66. The normalized spacial score (nSPS) is 11.5. The lowest BCUT2D eigenvalue weighted by molar-refractivity contribution is 0.602. The summed E-state index contributed by atoms with van der Waals surface area (Å²) in [5.74, 6) is 0. The van der Waals surface area contributed by atoms with Gasteiger partial charge in [-0.25, -0.2) is 8.42 Å². The van der Waals surface area contributed by atoms with Gasteiger partial charge in [0.15, 0.2) is 9.84 Å². The third-order valence-corrected chi connectivity index (χ3v) is 5.87. The highest BCUT2D eigenvalue weighted by atomic mass is 35.5. The van der Waals surface area contributed by atoms with Crippen molar-refractivity contribution in [2.45, 2.75) is 31.1 Å². The van der Waals surface area contributed by atoms with Crippen molar-refractivity contribution in [3.8, 4) is 16.8 Å². The molecule has 0 aliphatic rings.